The van der Waals surface area contributed by atoms with Gasteiger partial charge in [-0.25, -0.2) is 4.98 Å². The van der Waals surface area contributed by atoms with E-state index in [-0.39, 0.29) is 5.91 Å². The molecule has 1 rings (SSSR count). The lowest BCUT2D eigenvalue weighted by Crippen LogP contribution is -2.39. The van der Waals surface area contributed by atoms with Crippen LogP contribution in [-0.4, -0.2) is 31.0 Å². The minimum absolute atomic E-state index is 0.0537. The molecule has 7 heteroatoms. The molecule has 0 aliphatic carbocycles. The van der Waals surface area contributed by atoms with Crippen LogP contribution in [0.5, 0.6) is 0 Å². The van der Waals surface area contributed by atoms with Gasteiger partial charge in [0.2, 0.25) is 5.91 Å². The standard InChI is InChI=1S/C13H20Cl2N4O/c1-5-17-10-8(14)6-9(15)11(19-10)18-7-13(2,3)12(20)16-4/h6H,5,7H2,1-4H3,(H,16,20)(H2,17,18,19). The number of hydrogen-bond donors (Lipinski definition) is 3. The first-order chi connectivity index (χ1) is 9.31. The lowest BCUT2D eigenvalue weighted by Gasteiger charge is -2.23. The molecule has 0 saturated heterocycles. The molecular formula is C13H20Cl2N4O. The molecule has 1 aromatic heterocycles. The minimum Gasteiger partial charge on any atom is -0.369 e. The maximum Gasteiger partial charge on any atom is 0.227 e. The third-order valence-electron chi connectivity index (χ3n) is 2.81. The van der Waals surface area contributed by atoms with Crippen molar-refractivity contribution in [2.45, 2.75) is 20.8 Å². The topological polar surface area (TPSA) is 66.0 Å². The lowest BCUT2D eigenvalue weighted by atomic mass is 9.92. The summed E-state index contributed by atoms with van der Waals surface area (Å²) in [4.78, 5) is 16.1. The summed E-state index contributed by atoms with van der Waals surface area (Å²) >= 11 is 12.1. The van der Waals surface area contributed by atoms with Crippen LogP contribution in [0.2, 0.25) is 10.0 Å². The van der Waals surface area contributed by atoms with Crippen molar-refractivity contribution in [1.82, 2.24) is 10.3 Å². The van der Waals surface area contributed by atoms with Crippen molar-refractivity contribution >= 4 is 40.7 Å². The monoisotopic (exact) mass is 318 g/mol. The highest BCUT2D eigenvalue weighted by Crippen LogP contribution is 2.30. The van der Waals surface area contributed by atoms with E-state index < -0.39 is 5.41 Å². The number of rotatable bonds is 6. The quantitative estimate of drug-likeness (QED) is 0.754. The van der Waals surface area contributed by atoms with Crippen LogP contribution in [0.4, 0.5) is 11.6 Å². The zero-order valence-corrected chi connectivity index (χ0v) is 13.6. The molecule has 20 heavy (non-hydrogen) atoms. The minimum atomic E-state index is -0.572. The van der Waals surface area contributed by atoms with Crippen LogP contribution in [0.15, 0.2) is 6.07 Å². The van der Waals surface area contributed by atoms with Crippen molar-refractivity contribution in [3.8, 4) is 0 Å². The fourth-order valence-electron chi connectivity index (χ4n) is 1.61. The molecule has 3 N–H and O–H groups in total. The van der Waals surface area contributed by atoms with Gasteiger partial charge in [-0.15, -0.1) is 0 Å². The number of carbonyl (C=O) groups excluding carboxylic acids is 1. The number of halogens is 2. The molecule has 0 aromatic carbocycles. The summed E-state index contributed by atoms with van der Waals surface area (Å²) in [7, 11) is 1.61. The van der Waals surface area contributed by atoms with E-state index >= 15 is 0 Å². The van der Waals surface area contributed by atoms with Crippen LogP contribution in [-0.2, 0) is 4.79 Å². The molecule has 0 aliphatic rings. The van der Waals surface area contributed by atoms with Gasteiger partial charge < -0.3 is 16.0 Å². The van der Waals surface area contributed by atoms with E-state index in [4.69, 9.17) is 23.2 Å². The Morgan fingerprint density at radius 3 is 2.30 bits per heavy atom. The first-order valence-electron chi connectivity index (χ1n) is 6.37. The van der Waals surface area contributed by atoms with Crippen LogP contribution in [0, 0.1) is 5.41 Å². The Hall–Kier alpha value is -1.20. The smallest absolute Gasteiger partial charge is 0.227 e. The number of aromatic nitrogens is 1. The summed E-state index contributed by atoms with van der Waals surface area (Å²) in [6, 6.07) is 1.63. The Bertz CT molecular complexity index is 492. The maximum atomic E-state index is 11.7. The summed E-state index contributed by atoms with van der Waals surface area (Å²) in [6.45, 7) is 6.75. The molecule has 0 aliphatic heterocycles. The largest absolute Gasteiger partial charge is 0.369 e. The van der Waals surface area contributed by atoms with E-state index in [9.17, 15) is 4.79 Å². The van der Waals surface area contributed by atoms with E-state index in [1.54, 1.807) is 13.1 Å². The van der Waals surface area contributed by atoms with Crippen LogP contribution in [0.25, 0.3) is 0 Å². The van der Waals surface area contributed by atoms with Crippen LogP contribution in [0.3, 0.4) is 0 Å². The van der Waals surface area contributed by atoms with E-state index in [2.05, 4.69) is 20.9 Å². The highest BCUT2D eigenvalue weighted by molar-refractivity contribution is 6.37. The Morgan fingerprint density at radius 1 is 1.25 bits per heavy atom. The van der Waals surface area contributed by atoms with E-state index in [0.29, 0.717) is 34.8 Å². The van der Waals surface area contributed by atoms with Gasteiger partial charge in [0.05, 0.1) is 15.5 Å². The summed E-state index contributed by atoms with van der Waals surface area (Å²) in [5, 5.41) is 9.66. The van der Waals surface area contributed by atoms with Gasteiger partial charge in [-0.3, -0.25) is 4.79 Å². The van der Waals surface area contributed by atoms with Crippen molar-refractivity contribution in [3.05, 3.63) is 16.1 Å². The maximum absolute atomic E-state index is 11.7. The summed E-state index contributed by atoms with van der Waals surface area (Å²) < 4.78 is 0. The van der Waals surface area contributed by atoms with Gasteiger partial charge in [0, 0.05) is 20.1 Å². The van der Waals surface area contributed by atoms with Gasteiger partial charge in [-0.1, -0.05) is 23.2 Å². The van der Waals surface area contributed by atoms with Gasteiger partial charge in [0.1, 0.15) is 11.6 Å². The number of amides is 1. The number of hydrogen-bond acceptors (Lipinski definition) is 4. The number of carbonyl (C=O) groups is 1. The van der Waals surface area contributed by atoms with Gasteiger partial charge in [-0.05, 0) is 26.8 Å². The van der Waals surface area contributed by atoms with Crippen molar-refractivity contribution in [2.24, 2.45) is 5.41 Å². The second-order valence-corrected chi connectivity index (χ2v) is 5.81. The van der Waals surface area contributed by atoms with Gasteiger partial charge in [0.25, 0.3) is 0 Å². The van der Waals surface area contributed by atoms with Crippen molar-refractivity contribution < 1.29 is 4.79 Å². The third-order valence-corrected chi connectivity index (χ3v) is 3.39. The molecule has 1 aromatic rings. The Morgan fingerprint density at radius 2 is 1.80 bits per heavy atom. The predicted molar refractivity (Wildman–Crippen MR) is 84.8 cm³/mol. The van der Waals surface area contributed by atoms with E-state index in [1.165, 1.54) is 0 Å². The van der Waals surface area contributed by atoms with E-state index in [0.717, 1.165) is 0 Å². The molecular weight excluding hydrogens is 299 g/mol. The predicted octanol–water partition coefficient (Wildman–Crippen LogP) is 3.00. The zero-order chi connectivity index (χ0) is 15.3. The molecule has 0 radical (unpaired) electrons. The fourth-order valence-corrected chi connectivity index (χ4v) is 2.10. The average molecular weight is 319 g/mol. The lowest BCUT2D eigenvalue weighted by molar-refractivity contribution is -0.128. The molecule has 0 bridgehead atoms. The normalized spacial score (nSPS) is 11.1. The number of anilines is 2. The van der Waals surface area contributed by atoms with Gasteiger partial charge in [0.15, 0.2) is 0 Å². The highest BCUT2D eigenvalue weighted by Gasteiger charge is 2.26. The van der Waals surface area contributed by atoms with Crippen molar-refractivity contribution in [1.29, 1.82) is 0 Å². The number of nitrogens with zero attached hydrogens (tertiary/aromatic N) is 1. The van der Waals surface area contributed by atoms with Crippen LogP contribution in [0.1, 0.15) is 20.8 Å². The summed E-state index contributed by atoms with van der Waals surface area (Å²) in [5.41, 5.74) is -0.572. The average Bonchev–Trinajstić information content (AvgIpc) is 2.39. The number of pyridine rings is 1. The molecule has 1 amide bonds. The summed E-state index contributed by atoms with van der Waals surface area (Å²) in [6.07, 6.45) is 0. The Balaban J connectivity index is 2.87. The molecule has 0 saturated carbocycles. The second-order valence-electron chi connectivity index (χ2n) is 5.00. The molecule has 0 spiro atoms. The third kappa shape index (κ3) is 4.15. The summed E-state index contributed by atoms with van der Waals surface area (Å²) in [5.74, 6) is 1.02. The molecule has 0 unspecified atom stereocenters. The zero-order valence-electron chi connectivity index (χ0n) is 12.1. The second kappa shape index (κ2) is 6.99. The van der Waals surface area contributed by atoms with Crippen LogP contribution < -0.4 is 16.0 Å². The Kier molecular flexibility index (Phi) is 5.89. The van der Waals surface area contributed by atoms with Crippen molar-refractivity contribution in [2.75, 3.05) is 30.8 Å². The molecule has 112 valence electrons. The number of nitrogens with one attached hydrogen (secondary N) is 3. The van der Waals surface area contributed by atoms with Crippen molar-refractivity contribution in [3.63, 3.8) is 0 Å². The van der Waals surface area contributed by atoms with Gasteiger partial charge in [-0.2, -0.15) is 0 Å². The van der Waals surface area contributed by atoms with Crippen LogP contribution >= 0.6 is 23.2 Å². The molecule has 5 nitrogen and oxygen atoms in total. The highest BCUT2D eigenvalue weighted by atomic mass is 35.5. The molecule has 0 fully saturated rings. The molecule has 0 atom stereocenters. The van der Waals surface area contributed by atoms with Gasteiger partial charge >= 0.3 is 0 Å². The van der Waals surface area contributed by atoms with E-state index in [1.807, 2.05) is 20.8 Å². The fraction of sp³-hybridized carbons (Fsp3) is 0.538. The Labute approximate surface area is 129 Å². The SMILES string of the molecule is CCNc1nc(NCC(C)(C)C(=O)NC)c(Cl)cc1Cl. The molecule has 1 heterocycles. The first kappa shape index (κ1) is 16.9. The first-order valence-corrected chi connectivity index (χ1v) is 7.13.